The van der Waals surface area contributed by atoms with Crippen molar-refractivity contribution in [2.24, 2.45) is 56.7 Å². The number of esters is 1. The van der Waals surface area contributed by atoms with Gasteiger partial charge in [0.05, 0.1) is 12.0 Å². The van der Waals surface area contributed by atoms with Gasteiger partial charge in [0.1, 0.15) is 11.5 Å². The van der Waals surface area contributed by atoms with Crippen LogP contribution in [0.4, 0.5) is 5.69 Å². The van der Waals surface area contributed by atoms with Crippen molar-refractivity contribution in [1.29, 1.82) is 0 Å². The van der Waals surface area contributed by atoms with Gasteiger partial charge in [-0.3, -0.25) is 19.3 Å². The standard InChI is InChI=1S/C42H55NO7.C2H2O2/c1-8-34(46)43-30-12-10-27(44)21-25(30)9-14-35(47)50-24-26-22-42(37(48)49)20-19-38(2,3)23-29(42)28-11-13-32-40(6)18-16-33(45)39(4,5)31(40)15-17-41(32,7)36(26)28;1-2-4-3/h8-12,14,21,26,29,31-32,36,44H,1,13,15-20,22-24H2,2-7H3,(H,43,46)(H,48,49);1,3H/b14-9+;. The maximum atomic E-state index is 13.4. The first-order valence-electron chi connectivity index (χ1n) is 19.1. The number of fused-ring (bicyclic) bond motifs is 7. The van der Waals surface area contributed by atoms with Gasteiger partial charge in [0, 0.05) is 35.1 Å². The SMILES string of the molecule is C#COO.C=CC(=O)Nc1ccc(O)cc1/C=C/C(=O)OCC1CC2(C(=O)O)CCC(C)(C)CC2C2=CCC3C(C)(CCC4C(C)(C)C(=O)CCC43C)C21. The number of terminal acetylenes is 1. The van der Waals surface area contributed by atoms with E-state index in [4.69, 9.17) is 9.99 Å². The molecule has 54 heavy (non-hydrogen) atoms. The summed E-state index contributed by atoms with van der Waals surface area (Å²) in [4.78, 5) is 54.9. The van der Waals surface area contributed by atoms with Crippen LogP contribution in [0, 0.1) is 69.2 Å². The molecule has 4 saturated carbocycles. The van der Waals surface area contributed by atoms with E-state index in [0.717, 1.165) is 44.6 Å². The zero-order valence-corrected chi connectivity index (χ0v) is 32.6. The van der Waals surface area contributed by atoms with E-state index in [-0.39, 0.29) is 51.8 Å². The van der Waals surface area contributed by atoms with E-state index >= 15 is 0 Å². The monoisotopic (exact) mass is 743 g/mol. The van der Waals surface area contributed by atoms with Crippen LogP contribution < -0.4 is 5.32 Å². The maximum Gasteiger partial charge on any atom is 0.330 e. The van der Waals surface area contributed by atoms with Gasteiger partial charge in [-0.2, -0.15) is 5.26 Å². The van der Waals surface area contributed by atoms with Crippen molar-refractivity contribution in [3.63, 3.8) is 0 Å². The van der Waals surface area contributed by atoms with Crippen LogP contribution in [0.3, 0.4) is 0 Å². The van der Waals surface area contributed by atoms with Crippen LogP contribution in [0.1, 0.15) is 105 Å². The molecule has 0 heterocycles. The quantitative estimate of drug-likeness (QED) is 0.0409. The molecule has 292 valence electrons. The van der Waals surface area contributed by atoms with Gasteiger partial charge < -0.3 is 20.3 Å². The number of amides is 1. The van der Waals surface area contributed by atoms with Gasteiger partial charge in [-0.25, -0.2) is 4.79 Å². The zero-order chi connectivity index (χ0) is 39.9. The fourth-order valence-corrected chi connectivity index (χ4v) is 12.0. The number of allylic oxidation sites excluding steroid dienone is 2. The van der Waals surface area contributed by atoms with E-state index in [1.54, 1.807) is 6.07 Å². The molecule has 6 rings (SSSR count). The average molecular weight is 744 g/mol. The number of aliphatic carboxylic acids is 1. The van der Waals surface area contributed by atoms with Gasteiger partial charge in [-0.1, -0.05) is 66.2 Å². The number of hydrogen-bond acceptors (Lipinski definition) is 8. The number of hydrogen-bond donors (Lipinski definition) is 4. The maximum absolute atomic E-state index is 13.4. The van der Waals surface area contributed by atoms with Crippen molar-refractivity contribution in [3.05, 3.63) is 54.1 Å². The summed E-state index contributed by atoms with van der Waals surface area (Å²) >= 11 is 0. The molecule has 8 atom stereocenters. The molecule has 1 amide bonds. The molecular formula is C44H57NO9. The van der Waals surface area contributed by atoms with E-state index in [9.17, 15) is 29.4 Å². The molecule has 0 radical (unpaired) electrons. The zero-order valence-electron chi connectivity index (χ0n) is 32.6. The van der Waals surface area contributed by atoms with E-state index in [1.807, 2.05) is 0 Å². The van der Waals surface area contributed by atoms with E-state index in [0.29, 0.717) is 48.1 Å². The number of carbonyl (C=O) groups is 4. The molecule has 1 aromatic carbocycles. The Hall–Kier alpha value is -4.36. The summed E-state index contributed by atoms with van der Waals surface area (Å²) in [5, 5.41) is 30.9. The molecular weight excluding hydrogens is 686 g/mol. The van der Waals surface area contributed by atoms with Crippen molar-refractivity contribution in [1.82, 2.24) is 0 Å². The Balaban J connectivity index is 0.00000133. The van der Waals surface area contributed by atoms with Gasteiger partial charge in [0.15, 0.2) is 6.11 Å². The predicted octanol–water partition coefficient (Wildman–Crippen LogP) is 8.43. The molecule has 8 unspecified atom stereocenters. The highest BCUT2D eigenvalue weighted by atomic mass is 17.1. The smallest absolute Gasteiger partial charge is 0.330 e. The Labute approximate surface area is 319 Å². The number of anilines is 1. The minimum Gasteiger partial charge on any atom is -0.508 e. The summed E-state index contributed by atoms with van der Waals surface area (Å²) < 4.78 is 6.02. The molecule has 5 aliphatic carbocycles. The lowest BCUT2D eigenvalue weighted by Gasteiger charge is -2.68. The first-order valence-corrected chi connectivity index (χ1v) is 19.1. The van der Waals surface area contributed by atoms with E-state index < -0.39 is 23.3 Å². The number of ketones is 1. The number of aromatic hydroxyl groups is 1. The van der Waals surface area contributed by atoms with E-state index in [2.05, 4.69) is 70.8 Å². The van der Waals surface area contributed by atoms with E-state index in [1.165, 1.54) is 36.0 Å². The first-order chi connectivity index (χ1) is 25.3. The van der Waals surface area contributed by atoms with Crippen molar-refractivity contribution in [2.45, 2.75) is 99.3 Å². The number of benzene rings is 1. The van der Waals surface area contributed by atoms with Crippen LogP contribution in [-0.2, 0) is 28.8 Å². The Morgan fingerprint density at radius 1 is 1.04 bits per heavy atom. The fraction of sp³-hybridized carbons (Fsp3) is 0.591. The summed E-state index contributed by atoms with van der Waals surface area (Å²) in [6, 6.07) is 4.43. The number of Topliss-reactive ketones (excluding diaryl/α,β-unsaturated/α-hetero) is 1. The number of ether oxygens (including phenoxy) is 1. The summed E-state index contributed by atoms with van der Waals surface area (Å²) in [7, 11) is 0. The molecule has 5 aliphatic rings. The second-order valence-electron chi connectivity index (χ2n) is 18.2. The average Bonchev–Trinajstić information content (AvgIpc) is 3.11. The Bertz CT molecular complexity index is 1780. The molecule has 0 spiro atoms. The molecule has 0 saturated heterocycles. The third-order valence-electron chi connectivity index (χ3n) is 14.5. The van der Waals surface area contributed by atoms with Gasteiger partial charge in [-0.05, 0) is 122 Å². The molecule has 1 aromatic rings. The lowest BCUT2D eigenvalue weighted by molar-refractivity contribution is -0.184. The van der Waals surface area contributed by atoms with Gasteiger partial charge in [-0.15, -0.1) is 0 Å². The van der Waals surface area contributed by atoms with Gasteiger partial charge in [0.25, 0.3) is 0 Å². The van der Waals surface area contributed by atoms with Crippen LogP contribution in [0.5, 0.6) is 5.75 Å². The van der Waals surface area contributed by atoms with Gasteiger partial charge >= 0.3 is 11.9 Å². The third-order valence-corrected chi connectivity index (χ3v) is 14.5. The number of carboxylic acid groups (broad SMARTS) is 1. The number of carbonyl (C=O) groups excluding carboxylic acids is 3. The predicted molar refractivity (Wildman–Crippen MR) is 205 cm³/mol. The Kier molecular flexibility index (Phi) is 11.4. The first kappa shape index (κ1) is 40.8. The van der Waals surface area contributed by atoms with Crippen molar-refractivity contribution in [3.8, 4) is 18.3 Å². The minimum atomic E-state index is -0.909. The highest BCUT2D eigenvalue weighted by Gasteiger charge is 2.67. The van der Waals surface area contributed by atoms with Crippen LogP contribution >= 0.6 is 0 Å². The number of carboxylic acids is 1. The van der Waals surface area contributed by atoms with Crippen LogP contribution in [0.25, 0.3) is 6.08 Å². The lowest BCUT2D eigenvalue weighted by Crippen LogP contribution is -2.63. The summed E-state index contributed by atoms with van der Waals surface area (Å²) in [6.45, 7) is 17.2. The number of nitrogens with one attached hydrogen (secondary N) is 1. The normalized spacial score (nSPS) is 34.4. The van der Waals surface area contributed by atoms with Crippen LogP contribution in [0.2, 0.25) is 0 Å². The van der Waals surface area contributed by atoms with Crippen LogP contribution in [-0.4, -0.2) is 45.7 Å². The highest BCUT2D eigenvalue weighted by molar-refractivity contribution is 6.01. The second kappa shape index (κ2) is 15.1. The molecule has 4 fully saturated rings. The number of rotatable bonds is 7. The number of phenols is 1. The van der Waals surface area contributed by atoms with Gasteiger partial charge in [0.2, 0.25) is 5.91 Å². The molecule has 10 nitrogen and oxygen atoms in total. The summed E-state index contributed by atoms with van der Waals surface area (Å²) in [5.74, 6) is -0.955. The molecule has 0 bridgehead atoms. The van der Waals surface area contributed by atoms with Crippen molar-refractivity contribution >= 4 is 35.4 Å². The second-order valence-corrected chi connectivity index (χ2v) is 18.2. The minimum absolute atomic E-state index is 0.0189. The summed E-state index contributed by atoms with van der Waals surface area (Å²) in [5.41, 5.74) is 0.692. The largest absolute Gasteiger partial charge is 0.508 e. The molecule has 4 N–H and O–H groups in total. The molecule has 0 aromatic heterocycles. The molecule has 10 heteroatoms. The topological polar surface area (TPSA) is 159 Å². The lowest BCUT2D eigenvalue weighted by atomic mass is 9.36. The third kappa shape index (κ3) is 7.24. The van der Waals surface area contributed by atoms with Crippen molar-refractivity contribution < 1.29 is 44.3 Å². The Morgan fingerprint density at radius 3 is 2.39 bits per heavy atom. The molecule has 0 aliphatic heterocycles. The highest BCUT2D eigenvalue weighted by Crippen LogP contribution is 2.72. The number of phenolic OH excluding ortho intramolecular Hbond substituents is 1. The Morgan fingerprint density at radius 2 is 1.74 bits per heavy atom. The summed E-state index contributed by atoms with van der Waals surface area (Å²) in [6.07, 6.45) is 19.1. The van der Waals surface area contributed by atoms with Crippen molar-refractivity contribution in [2.75, 3.05) is 11.9 Å². The fourth-order valence-electron chi connectivity index (χ4n) is 12.0. The van der Waals surface area contributed by atoms with Crippen LogP contribution in [0.15, 0.2) is 48.6 Å².